The molecule has 2 heterocycles. The maximum Gasteiger partial charge on any atom is 0.264 e. The van der Waals surface area contributed by atoms with Gasteiger partial charge in [0, 0.05) is 18.7 Å². The Labute approximate surface area is 129 Å². The summed E-state index contributed by atoms with van der Waals surface area (Å²) in [6, 6.07) is 9.24. The monoisotopic (exact) mass is 298 g/mol. The van der Waals surface area contributed by atoms with Crippen LogP contribution in [-0.2, 0) is 17.9 Å². The molecule has 3 rings (SSSR count). The van der Waals surface area contributed by atoms with Crippen LogP contribution in [0.4, 0.5) is 0 Å². The Morgan fingerprint density at radius 1 is 1.09 bits per heavy atom. The summed E-state index contributed by atoms with van der Waals surface area (Å²) in [4.78, 5) is 26.1. The Morgan fingerprint density at radius 3 is 2.55 bits per heavy atom. The molecule has 0 aliphatic carbocycles. The normalized spacial score (nSPS) is 14.3. The molecule has 0 bridgehead atoms. The number of amides is 1. The quantitative estimate of drug-likeness (QED) is 0.617. The summed E-state index contributed by atoms with van der Waals surface area (Å²) in [5.74, 6) is 0.212. The van der Waals surface area contributed by atoms with Crippen molar-refractivity contribution in [2.75, 3.05) is 13.1 Å². The lowest BCUT2D eigenvalue weighted by Crippen LogP contribution is -2.36. The van der Waals surface area contributed by atoms with Crippen molar-refractivity contribution in [1.29, 1.82) is 0 Å². The molecule has 0 saturated carbocycles. The third-order valence-electron chi connectivity index (χ3n) is 3.94. The number of rotatable bonds is 5. The second-order valence-electron chi connectivity index (χ2n) is 5.64. The number of aromatic nitrogens is 2. The molecule has 0 unspecified atom stereocenters. The number of Topliss-reactive ketones (excluding diaryl/α,β-unsaturated/α-hetero) is 1. The third kappa shape index (κ3) is 3.42. The summed E-state index contributed by atoms with van der Waals surface area (Å²) < 4.78 is 3.64. The fourth-order valence-electron chi connectivity index (χ4n) is 2.73. The zero-order valence-electron chi connectivity index (χ0n) is 12.5. The predicted octanol–water partition coefficient (Wildman–Crippen LogP) is 1.28. The molecule has 1 fully saturated rings. The van der Waals surface area contributed by atoms with E-state index in [1.807, 2.05) is 63.1 Å². The van der Waals surface area contributed by atoms with Gasteiger partial charge in [0.2, 0.25) is 12.1 Å². The number of ketones is 1. The first-order valence-electron chi connectivity index (χ1n) is 7.63. The highest BCUT2D eigenvalue weighted by atomic mass is 16.2. The van der Waals surface area contributed by atoms with E-state index in [0.29, 0.717) is 12.1 Å². The van der Waals surface area contributed by atoms with E-state index in [9.17, 15) is 9.59 Å². The number of imidazole rings is 1. The topological polar surface area (TPSA) is 46.2 Å². The molecule has 1 aliphatic rings. The van der Waals surface area contributed by atoms with Crippen molar-refractivity contribution in [1.82, 2.24) is 9.47 Å². The van der Waals surface area contributed by atoms with Gasteiger partial charge in [-0.3, -0.25) is 9.59 Å². The fourth-order valence-corrected chi connectivity index (χ4v) is 2.73. The van der Waals surface area contributed by atoms with Gasteiger partial charge in [-0.05, 0) is 12.8 Å². The van der Waals surface area contributed by atoms with Crippen LogP contribution in [0.15, 0.2) is 49.1 Å². The van der Waals surface area contributed by atoms with Gasteiger partial charge in [0.1, 0.15) is 12.4 Å². The molecule has 1 amide bonds. The highest BCUT2D eigenvalue weighted by Crippen LogP contribution is 2.08. The van der Waals surface area contributed by atoms with Crippen LogP contribution in [0.2, 0.25) is 0 Å². The van der Waals surface area contributed by atoms with Crippen LogP contribution in [-0.4, -0.2) is 34.2 Å². The Kier molecular flexibility index (Phi) is 4.32. The van der Waals surface area contributed by atoms with Crippen molar-refractivity contribution in [3.63, 3.8) is 0 Å². The van der Waals surface area contributed by atoms with Gasteiger partial charge in [-0.15, -0.1) is 0 Å². The van der Waals surface area contributed by atoms with Crippen molar-refractivity contribution < 1.29 is 14.2 Å². The smallest absolute Gasteiger partial charge is 0.264 e. The molecule has 5 heteroatoms. The number of hydrogen-bond acceptors (Lipinski definition) is 2. The first-order valence-corrected chi connectivity index (χ1v) is 7.63. The van der Waals surface area contributed by atoms with Gasteiger partial charge >= 0.3 is 0 Å². The van der Waals surface area contributed by atoms with E-state index in [1.54, 1.807) is 0 Å². The molecule has 1 aromatic heterocycles. The minimum absolute atomic E-state index is 0.0641. The van der Waals surface area contributed by atoms with Gasteiger partial charge in [0.15, 0.2) is 13.1 Å². The molecule has 2 aromatic rings. The van der Waals surface area contributed by atoms with Crippen molar-refractivity contribution in [2.45, 2.75) is 25.9 Å². The van der Waals surface area contributed by atoms with Gasteiger partial charge in [0.25, 0.3) is 5.91 Å². The third-order valence-corrected chi connectivity index (χ3v) is 3.94. The van der Waals surface area contributed by atoms with Crippen molar-refractivity contribution in [3.05, 3.63) is 54.6 Å². The number of hydrogen-bond donors (Lipinski definition) is 0. The van der Waals surface area contributed by atoms with Gasteiger partial charge in [-0.25, -0.2) is 9.13 Å². The van der Waals surface area contributed by atoms with E-state index in [0.717, 1.165) is 25.9 Å². The first-order chi connectivity index (χ1) is 10.7. The molecule has 0 N–H and O–H groups in total. The summed E-state index contributed by atoms with van der Waals surface area (Å²) in [6.45, 7) is 2.36. The summed E-state index contributed by atoms with van der Waals surface area (Å²) >= 11 is 0. The van der Waals surface area contributed by atoms with E-state index in [-0.39, 0.29) is 18.2 Å². The van der Waals surface area contributed by atoms with Crippen LogP contribution in [0, 0.1) is 0 Å². The maximum absolute atomic E-state index is 12.1. The summed E-state index contributed by atoms with van der Waals surface area (Å²) in [7, 11) is 0. The largest absolute Gasteiger partial charge is 0.339 e. The number of carbonyl (C=O) groups is 2. The SMILES string of the molecule is O=C(C[n+]1ccn(CC(=O)N2CCCC2)c1)c1ccccc1. The molecule has 114 valence electrons. The Balaban J connectivity index is 1.59. The summed E-state index contributed by atoms with van der Waals surface area (Å²) in [6.07, 6.45) is 7.69. The standard InChI is InChI=1S/C17H20N3O2/c21-16(15-6-2-1-3-7-15)12-18-10-11-19(14-18)13-17(22)20-8-4-5-9-20/h1-3,6-7,10-11,14H,4-5,8-9,12-13H2/q+1. The Morgan fingerprint density at radius 2 is 1.82 bits per heavy atom. The number of carbonyl (C=O) groups excluding carboxylic acids is 2. The second kappa shape index (κ2) is 6.56. The lowest BCUT2D eigenvalue weighted by Gasteiger charge is -2.13. The molecule has 1 aliphatic heterocycles. The van der Waals surface area contributed by atoms with Crippen LogP contribution in [0.1, 0.15) is 23.2 Å². The zero-order valence-corrected chi connectivity index (χ0v) is 12.5. The summed E-state index contributed by atoms with van der Waals surface area (Å²) in [5.41, 5.74) is 0.705. The molecular weight excluding hydrogens is 278 g/mol. The van der Waals surface area contributed by atoms with Gasteiger partial charge in [-0.1, -0.05) is 30.3 Å². The lowest BCUT2D eigenvalue weighted by atomic mass is 10.1. The van der Waals surface area contributed by atoms with E-state index in [2.05, 4.69) is 0 Å². The average molecular weight is 298 g/mol. The molecule has 0 radical (unpaired) electrons. The predicted molar refractivity (Wildman–Crippen MR) is 81.2 cm³/mol. The molecule has 22 heavy (non-hydrogen) atoms. The van der Waals surface area contributed by atoms with E-state index in [1.165, 1.54) is 0 Å². The van der Waals surface area contributed by atoms with Crippen LogP contribution < -0.4 is 4.57 Å². The zero-order chi connectivity index (χ0) is 15.4. The summed E-state index contributed by atoms with van der Waals surface area (Å²) in [5, 5.41) is 0. The minimum atomic E-state index is 0.0641. The van der Waals surface area contributed by atoms with Gasteiger partial charge in [0.05, 0.1) is 0 Å². The Hall–Kier alpha value is -2.43. The maximum atomic E-state index is 12.1. The van der Waals surface area contributed by atoms with Gasteiger partial charge < -0.3 is 4.90 Å². The van der Waals surface area contributed by atoms with Crippen LogP contribution in [0.3, 0.4) is 0 Å². The van der Waals surface area contributed by atoms with E-state index in [4.69, 9.17) is 0 Å². The molecule has 0 atom stereocenters. The van der Waals surface area contributed by atoms with Crippen LogP contribution >= 0.6 is 0 Å². The first kappa shape index (κ1) is 14.5. The van der Waals surface area contributed by atoms with Crippen molar-refractivity contribution in [3.8, 4) is 0 Å². The van der Waals surface area contributed by atoms with Gasteiger partial charge in [-0.2, -0.15) is 0 Å². The number of nitrogens with zero attached hydrogens (tertiary/aromatic N) is 3. The average Bonchev–Trinajstić information content (AvgIpc) is 3.20. The Bertz CT molecular complexity index is 658. The van der Waals surface area contributed by atoms with Crippen LogP contribution in [0.5, 0.6) is 0 Å². The number of likely N-dealkylation sites (tertiary alicyclic amines) is 1. The molecule has 1 saturated heterocycles. The van der Waals surface area contributed by atoms with E-state index < -0.39 is 0 Å². The molecule has 5 nitrogen and oxygen atoms in total. The minimum Gasteiger partial charge on any atom is -0.339 e. The van der Waals surface area contributed by atoms with Crippen molar-refractivity contribution >= 4 is 11.7 Å². The fraction of sp³-hybridized carbons (Fsp3) is 0.353. The van der Waals surface area contributed by atoms with Crippen LogP contribution in [0.25, 0.3) is 0 Å². The number of benzene rings is 1. The second-order valence-corrected chi connectivity index (χ2v) is 5.64. The van der Waals surface area contributed by atoms with E-state index >= 15 is 0 Å². The lowest BCUT2D eigenvalue weighted by molar-refractivity contribution is -0.682. The highest BCUT2D eigenvalue weighted by Gasteiger charge is 2.20. The molecule has 1 aromatic carbocycles. The molecular formula is C17H20N3O2+. The molecule has 0 spiro atoms. The highest BCUT2D eigenvalue weighted by molar-refractivity contribution is 5.94. The van der Waals surface area contributed by atoms with Crippen molar-refractivity contribution in [2.24, 2.45) is 0 Å².